The van der Waals surface area contributed by atoms with Crippen LogP contribution in [0.4, 0.5) is 5.82 Å². The molecule has 0 spiro atoms. The van der Waals surface area contributed by atoms with Crippen LogP contribution in [0.3, 0.4) is 0 Å². The van der Waals surface area contributed by atoms with Gasteiger partial charge in [0.15, 0.2) is 5.69 Å². The summed E-state index contributed by atoms with van der Waals surface area (Å²) < 4.78 is 0. The highest BCUT2D eigenvalue weighted by molar-refractivity contribution is 5.84. The lowest BCUT2D eigenvalue weighted by molar-refractivity contribution is 0.0690. The van der Waals surface area contributed by atoms with Crippen LogP contribution in [0.1, 0.15) is 36.7 Å². The van der Waals surface area contributed by atoms with Crippen molar-refractivity contribution in [1.29, 1.82) is 0 Å². The minimum Gasteiger partial charge on any atom is -0.476 e. The molecular formula is C11H15N3O2. The summed E-state index contributed by atoms with van der Waals surface area (Å²) >= 11 is 0. The van der Waals surface area contributed by atoms with E-state index in [1.54, 1.807) is 6.20 Å². The van der Waals surface area contributed by atoms with Crippen LogP contribution in [0.25, 0.3) is 0 Å². The number of aromatic carboxylic acids is 1. The van der Waals surface area contributed by atoms with Crippen LogP contribution in [0.15, 0.2) is 12.4 Å². The Morgan fingerprint density at radius 1 is 1.44 bits per heavy atom. The molecule has 0 amide bonds. The normalized spacial score (nSPS) is 20.8. The molecule has 1 atom stereocenters. The number of carboxylic acid groups (broad SMARTS) is 1. The lowest BCUT2D eigenvalue weighted by atomic mass is 10.0. The second-order valence-corrected chi connectivity index (χ2v) is 4.10. The first kappa shape index (κ1) is 10.9. The zero-order chi connectivity index (χ0) is 11.5. The molecular weight excluding hydrogens is 206 g/mol. The first-order chi connectivity index (χ1) is 7.68. The van der Waals surface area contributed by atoms with Gasteiger partial charge >= 0.3 is 5.97 Å². The highest BCUT2D eigenvalue weighted by atomic mass is 16.4. The summed E-state index contributed by atoms with van der Waals surface area (Å²) in [6, 6.07) is 0.457. The Morgan fingerprint density at radius 3 is 2.81 bits per heavy atom. The molecule has 1 fully saturated rings. The largest absolute Gasteiger partial charge is 0.476 e. The van der Waals surface area contributed by atoms with Gasteiger partial charge in [0.2, 0.25) is 0 Å². The molecule has 2 rings (SSSR count). The van der Waals surface area contributed by atoms with E-state index >= 15 is 0 Å². The third-order valence-electron chi connectivity index (χ3n) is 2.95. The Hall–Kier alpha value is -1.65. The van der Waals surface area contributed by atoms with Crippen molar-refractivity contribution in [1.82, 2.24) is 9.97 Å². The molecule has 16 heavy (non-hydrogen) atoms. The zero-order valence-corrected chi connectivity index (χ0v) is 9.26. The minimum atomic E-state index is -1.04. The molecule has 1 saturated heterocycles. The molecule has 0 aliphatic carbocycles. The lowest BCUT2D eigenvalue weighted by Gasteiger charge is -2.34. The fourth-order valence-corrected chi connectivity index (χ4v) is 2.02. The number of anilines is 1. The van der Waals surface area contributed by atoms with E-state index < -0.39 is 5.97 Å². The highest BCUT2D eigenvalue weighted by Crippen LogP contribution is 2.21. The number of aromatic nitrogens is 2. The monoisotopic (exact) mass is 221 g/mol. The summed E-state index contributed by atoms with van der Waals surface area (Å²) in [5.41, 5.74) is -0.00610. The third kappa shape index (κ3) is 2.13. The van der Waals surface area contributed by atoms with Crippen molar-refractivity contribution in [3.8, 4) is 0 Å². The van der Waals surface area contributed by atoms with Crippen LogP contribution in [-0.4, -0.2) is 33.6 Å². The van der Waals surface area contributed by atoms with Gasteiger partial charge in [0.05, 0.1) is 12.4 Å². The van der Waals surface area contributed by atoms with Crippen LogP contribution in [0.2, 0.25) is 0 Å². The van der Waals surface area contributed by atoms with Crippen LogP contribution in [0.5, 0.6) is 0 Å². The van der Waals surface area contributed by atoms with Crippen molar-refractivity contribution in [3.05, 3.63) is 18.1 Å². The molecule has 86 valence electrons. The van der Waals surface area contributed by atoms with Gasteiger partial charge < -0.3 is 10.0 Å². The topological polar surface area (TPSA) is 66.3 Å². The predicted molar refractivity (Wildman–Crippen MR) is 59.7 cm³/mol. The van der Waals surface area contributed by atoms with Crippen LogP contribution < -0.4 is 4.90 Å². The molecule has 0 bridgehead atoms. The zero-order valence-electron chi connectivity index (χ0n) is 9.26. The van der Waals surface area contributed by atoms with E-state index in [4.69, 9.17) is 5.11 Å². The number of piperidine rings is 1. The van der Waals surface area contributed by atoms with E-state index in [9.17, 15) is 4.79 Å². The smallest absolute Gasteiger partial charge is 0.356 e. The number of hydrogen-bond donors (Lipinski definition) is 1. The molecule has 1 unspecified atom stereocenters. The van der Waals surface area contributed by atoms with E-state index in [1.165, 1.54) is 12.6 Å². The molecule has 2 heterocycles. The summed E-state index contributed by atoms with van der Waals surface area (Å²) in [5, 5.41) is 8.72. The number of hydrogen-bond acceptors (Lipinski definition) is 4. The molecule has 1 aliphatic rings. The summed E-state index contributed by atoms with van der Waals surface area (Å²) in [4.78, 5) is 20.9. The molecule has 1 aromatic rings. The SMILES string of the molecule is CC1CCCCN1c1cnc(C(=O)O)cn1. The van der Waals surface area contributed by atoms with Gasteiger partial charge in [0.1, 0.15) is 5.82 Å². The molecule has 0 aromatic carbocycles. The summed E-state index contributed by atoms with van der Waals surface area (Å²) in [7, 11) is 0. The Labute approximate surface area is 94.1 Å². The molecule has 0 saturated carbocycles. The standard InChI is InChI=1S/C11H15N3O2/c1-8-4-2-3-5-14(8)10-7-12-9(6-13-10)11(15)16/h6-8H,2-5H2,1H3,(H,15,16). The Balaban J connectivity index is 2.17. The van der Waals surface area contributed by atoms with E-state index in [1.807, 2.05) is 0 Å². The second-order valence-electron chi connectivity index (χ2n) is 4.10. The quantitative estimate of drug-likeness (QED) is 0.820. The first-order valence-corrected chi connectivity index (χ1v) is 5.50. The molecule has 5 heteroatoms. The van der Waals surface area contributed by atoms with Gasteiger partial charge in [-0.05, 0) is 26.2 Å². The highest BCUT2D eigenvalue weighted by Gasteiger charge is 2.20. The Bertz CT molecular complexity index is 377. The second kappa shape index (κ2) is 4.47. The van der Waals surface area contributed by atoms with Gasteiger partial charge in [0.25, 0.3) is 0 Å². The van der Waals surface area contributed by atoms with Crippen molar-refractivity contribution in [2.75, 3.05) is 11.4 Å². The molecule has 1 aliphatic heterocycles. The summed E-state index contributed by atoms with van der Waals surface area (Å²) in [6.45, 7) is 3.13. The Morgan fingerprint density at radius 2 is 2.25 bits per heavy atom. The van der Waals surface area contributed by atoms with E-state index in [-0.39, 0.29) is 5.69 Å². The molecule has 5 nitrogen and oxygen atoms in total. The van der Waals surface area contributed by atoms with Crippen molar-refractivity contribution < 1.29 is 9.90 Å². The number of nitrogens with zero attached hydrogens (tertiary/aromatic N) is 3. The minimum absolute atomic E-state index is 0.00610. The lowest BCUT2D eigenvalue weighted by Crippen LogP contribution is -2.38. The number of rotatable bonds is 2. The van der Waals surface area contributed by atoms with Crippen LogP contribution >= 0.6 is 0 Å². The van der Waals surface area contributed by atoms with Crippen LogP contribution in [-0.2, 0) is 0 Å². The fraction of sp³-hybridized carbons (Fsp3) is 0.545. The third-order valence-corrected chi connectivity index (χ3v) is 2.95. The van der Waals surface area contributed by atoms with Gasteiger partial charge in [-0.25, -0.2) is 14.8 Å². The van der Waals surface area contributed by atoms with Crippen molar-refractivity contribution in [3.63, 3.8) is 0 Å². The van der Waals surface area contributed by atoms with Gasteiger partial charge in [-0.3, -0.25) is 0 Å². The van der Waals surface area contributed by atoms with E-state index in [0.29, 0.717) is 6.04 Å². The number of carboxylic acids is 1. The van der Waals surface area contributed by atoms with E-state index in [2.05, 4.69) is 21.8 Å². The van der Waals surface area contributed by atoms with Crippen LogP contribution in [0, 0.1) is 0 Å². The summed E-state index contributed by atoms with van der Waals surface area (Å²) in [5.74, 6) is -0.261. The Kier molecular flexibility index (Phi) is 3.03. The average Bonchev–Trinajstić information content (AvgIpc) is 2.30. The first-order valence-electron chi connectivity index (χ1n) is 5.50. The maximum atomic E-state index is 10.6. The molecule has 1 N–H and O–H groups in total. The van der Waals surface area contributed by atoms with Crippen molar-refractivity contribution >= 4 is 11.8 Å². The van der Waals surface area contributed by atoms with Gasteiger partial charge in [-0.1, -0.05) is 0 Å². The van der Waals surface area contributed by atoms with Gasteiger partial charge in [0, 0.05) is 12.6 Å². The van der Waals surface area contributed by atoms with E-state index in [0.717, 1.165) is 25.2 Å². The fourth-order valence-electron chi connectivity index (χ4n) is 2.02. The molecule has 0 radical (unpaired) electrons. The summed E-state index contributed by atoms with van der Waals surface area (Å²) in [6.07, 6.45) is 6.43. The molecule has 1 aromatic heterocycles. The predicted octanol–water partition coefficient (Wildman–Crippen LogP) is 1.55. The average molecular weight is 221 g/mol. The van der Waals surface area contributed by atoms with Crippen molar-refractivity contribution in [2.24, 2.45) is 0 Å². The maximum Gasteiger partial charge on any atom is 0.356 e. The number of carbonyl (C=O) groups is 1. The van der Waals surface area contributed by atoms with Gasteiger partial charge in [-0.15, -0.1) is 0 Å². The van der Waals surface area contributed by atoms with Gasteiger partial charge in [-0.2, -0.15) is 0 Å². The van der Waals surface area contributed by atoms with Crippen molar-refractivity contribution in [2.45, 2.75) is 32.2 Å². The maximum absolute atomic E-state index is 10.6.